The maximum atomic E-state index is 6.39. The number of guanidine groups is 1. The first kappa shape index (κ1) is 22.7. The number of hydrogen-bond acceptors (Lipinski definition) is 3. The largest absolute Gasteiger partial charge is 0.368 e. The summed E-state index contributed by atoms with van der Waals surface area (Å²) in [5.74, 6) is 0.841. The second-order valence-corrected chi connectivity index (χ2v) is 7.25. The van der Waals surface area contributed by atoms with Crippen molar-refractivity contribution < 1.29 is 0 Å². The Balaban J connectivity index is 0.00000280. The summed E-state index contributed by atoms with van der Waals surface area (Å²) in [6.45, 7) is 7.50. The van der Waals surface area contributed by atoms with Crippen LogP contribution in [0.25, 0.3) is 0 Å². The van der Waals surface area contributed by atoms with Crippen molar-refractivity contribution in [3.8, 4) is 0 Å². The van der Waals surface area contributed by atoms with E-state index in [0.717, 1.165) is 54.8 Å². The lowest BCUT2D eigenvalue weighted by Gasteiger charge is -2.35. The van der Waals surface area contributed by atoms with Gasteiger partial charge in [-0.15, -0.1) is 24.0 Å². The number of nitrogens with one attached hydrogen (secondary N) is 2. The first-order valence-electron chi connectivity index (χ1n) is 9.62. The molecule has 1 aromatic carbocycles. The third kappa shape index (κ3) is 6.24. The molecule has 1 aliphatic rings. The van der Waals surface area contributed by atoms with Crippen LogP contribution in [0.4, 0.5) is 5.69 Å². The molecule has 0 aliphatic carbocycles. The number of benzene rings is 1. The average Bonchev–Trinajstić information content (AvgIpc) is 2.68. The molecule has 3 rings (SSSR count). The van der Waals surface area contributed by atoms with Gasteiger partial charge in [0.05, 0.1) is 22.9 Å². The molecule has 1 unspecified atom stereocenters. The van der Waals surface area contributed by atoms with Crippen LogP contribution in [0, 0.1) is 6.92 Å². The molecular weight excluding hydrogens is 485 g/mol. The third-order valence-corrected chi connectivity index (χ3v) is 5.12. The van der Waals surface area contributed by atoms with Gasteiger partial charge in [0.2, 0.25) is 0 Å². The molecule has 0 amide bonds. The molecule has 2 aromatic rings. The van der Waals surface area contributed by atoms with Gasteiger partial charge in [-0.25, -0.2) is 4.99 Å². The fourth-order valence-electron chi connectivity index (χ4n) is 3.37. The molecule has 5 nitrogen and oxygen atoms in total. The van der Waals surface area contributed by atoms with Crippen molar-refractivity contribution in [3.05, 3.63) is 58.9 Å². The van der Waals surface area contributed by atoms with Gasteiger partial charge < -0.3 is 15.5 Å². The van der Waals surface area contributed by atoms with E-state index in [9.17, 15) is 0 Å². The normalized spacial score (nSPS) is 17.0. The Hall–Kier alpha value is -1.54. The van der Waals surface area contributed by atoms with E-state index in [0.29, 0.717) is 12.6 Å². The fraction of sp³-hybridized carbons (Fsp3) is 0.429. The third-order valence-electron chi connectivity index (χ3n) is 4.80. The van der Waals surface area contributed by atoms with E-state index in [-0.39, 0.29) is 24.0 Å². The number of para-hydroxylation sites is 1. The zero-order valence-electron chi connectivity index (χ0n) is 16.5. The number of anilines is 1. The minimum absolute atomic E-state index is 0. The molecule has 1 saturated heterocycles. The lowest BCUT2D eigenvalue weighted by Crippen LogP contribution is -2.51. The summed E-state index contributed by atoms with van der Waals surface area (Å²) in [6, 6.07) is 12.4. The molecule has 0 spiro atoms. The second kappa shape index (κ2) is 11.5. The molecule has 7 heteroatoms. The highest BCUT2D eigenvalue weighted by molar-refractivity contribution is 14.0. The van der Waals surface area contributed by atoms with Gasteiger partial charge in [0.15, 0.2) is 5.96 Å². The van der Waals surface area contributed by atoms with Crippen molar-refractivity contribution in [3.63, 3.8) is 0 Å². The molecule has 0 bridgehead atoms. The Bertz CT molecular complexity index is 783. The van der Waals surface area contributed by atoms with Crippen molar-refractivity contribution in [1.82, 2.24) is 15.6 Å². The van der Waals surface area contributed by atoms with Gasteiger partial charge in [-0.3, -0.25) is 4.98 Å². The van der Waals surface area contributed by atoms with Gasteiger partial charge in [0.25, 0.3) is 0 Å². The van der Waals surface area contributed by atoms with Crippen molar-refractivity contribution in [2.45, 2.75) is 39.3 Å². The zero-order valence-corrected chi connectivity index (χ0v) is 19.6. The van der Waals surface area contributed by atoms with Crippen LogP contribution in [-0.2, 0) is 6.54 Å². The lowest BCUT2D eigenvalue weighted by molar-refractivity contribution is 0.468. The summed E-state index contributed by atoms with van der Waals surface area (Å²) < 4.78 is 0. The number of hydrogen-bond donors (Lipinski definition) is 2. The number of aryl methyl sites for hydroxylation is 1. The molecule has 152 valence electrons. The van der Waals surface area contributed by atoms with E-state index in [1.807, 2.05) is 30.5 Å². The summed E-state index contributed by atoms with van der Waals surface area (Å²) in [6.07, 6.45) is 4.07. The number of halogens is 2. The Labute approximate surface area is 190 Å². The highest BCUT2D eigenvalue weighted by Crippen LogP contribution is 2.27. The smallest absolute Gasteiger partial charge is 0.191 e. The van der Waals surface area contributed by atoms with Crippen LogP contribution in [-0.4, -0.2) is 36.6 Å². The van der Waals surface area contributed by atoms with E-state index in [4.69, 9.17) is 16.6 Å². The van der Waals surface area contributed by atoms with Crippen molar-refractivity contribution in [2.24, 2.45) is 4.99 Å². The van der Waals surface area contributed by atoms with E-state index < -0.39 is 0 Å². The maximum Gasteiger partial charge on any atom is 0.191 e. The molecule has 1 atom stereocenters. The maximum absolute atomic E-state index is 6.39. The summed E-state index contributed by atoms with van der Waals surface area (Å²) >= 11 is 6.39. The number of rotatable bonds is 5. The predicted octanol–water partition coefficient (Wildman–Crippen LogP) is 4.39. The Morgan fingerprint density at radius 1 is 1.29 bits per heavy atom. The van der Waals surface area contributed by atoms with Crippen LogP contribution in [0.15, 0.2) is 47.6 Å². The minimum atomic E-state index is 0. The van der Waals surface area contributed by atoms with Crippen molar-refractivity contribution >= 4 is 47.2 Å². The van der Waals surface area contributed by atoms with Gasteiger partial charge in [0.1, 0.15) is 0 Å². The molecule has 1 aliphatic heterocycles. The average molecular weight is 514 g/mol. The van der Waals surface area contributed by atoms with Crippen LogP contribution >= 0.6 is 35.6 Å². The summed E-state index contributed by atoms with van der Waals surface area (Å²) in [5.41, 5.74) is 3.28. The lowest BCUT2D eigenvalue weighted by atomic mass is 10.0. The minimum Gasteiger partial charge on any atom is -0.368 e. The van der Waals surface area contributed by atoms with Crippen LogP contribution < -0.4 is 15.5 Å². The number of aliphatic imine (C=N–C) groups is 1. The quantitative estimate of drug-likeness (QED) is 0.354. The van der Waals surface area contributed by atoms with Gasteiger partial charge in [0, 0.05) is 31.9 Å². The highest BCUT2D eigenvalue weighted by Gasteiger charge is 2.22. The molecule has 0 radical (unpaired) electrons. The predicted molar refractivity (Wildman–Crippen MR) is 129 cm³/mol. The molecule has 1 fully saturated rings. The summed E-state index contributed by atoms with van der Waals surface area (Å²) in [5, 5.41) is 7.75. The number of pyridine rings is 1. The van der Waals surface area contributed by atoms with Crippen LogP contribution in [0.2, 0.25) is 5.02 Å². The number of aromatic nitrogens is 1. The molecule has 2 N–H and O–H groups in total. The van der Waals surface area contributed by atoms with Gasteiger partial charge in [-0.05, 0) is 50.5 Å². The molecular formula is C21H29ClIN5. The van der Waals surface area contributed by atoms with Crippen LogP contribution in [0.3, 0.4) is 0 Å². The Morgan fingerprint density at radius 3 is 2.86 bits per heavy atom. The van der Waals surface area contributed by atoms with Gasteiger partial charge in [-0.2, -0.15) is 0 Å². The monoisotopic (exact) mass is 513 g/mol. The van der Waals surface area contributed by atoms with Crippen LogP contribution in [0.5, 0.6) is 0 Å². The first-order valence-corrected chi connectivity index (χ1v) is 10.00. The highest BCUT2D eigenvalue weighted by atomic mass is 127. The Morgan fingerprint density at radius 2 is 2.11 bits per heavy atom. The van der Waals surface area contributed by atoms with E-state index in [1.165, 1.54) is 5.56 Å². The van der Waals surface area contributed by atoms with Gasteiger partial charge in [-0.1, -0.05) is 29.8 Å². The van der Waals surface area contributed by atoms with E-state index in [2.05, 4.69) is 46.5 Å². The standard InChI is InChI=1S/C21H28ClN5.HI/c1-3-23-21(25-14-19-16(2)8-6-12-24-19)26-17-9-7-13-27(15-17)20-11-5-4-10-18(20)22;/h4-6,8,10-12,17H,3,7,9,13-15H2,1-2H3,(H2,23,25,26);1H. The van der Waals surface area contributed by atoms with E-state index >= 15 is 0 Å². The number of nitrogens with zero attached hydrogens (tertiary/aromatic N) is 3. The molecule has 0 saturated carbocycles. The van der Waals surface area contributed by atoms with Gasteiger partial charge >= 0.3 is 0 Å². The van der Waals surface area contributed by atoms with Crippen molar-refractivity contribution in [1.29, 1.82) is 0 Å². The van der Waals surface area contributed by atoms with Crippen LogP contribution in [0.1, 0.15) is 31.0 Å². The first-order chi connectivity index (χ1) is 13.2. The SMILES string of the molecule is CCNC(=NCc1ncccc1C)NC1CCCN(c2ccccc2Cl)C1.I. The zero-order chi connectivity index (χ0) is 19.1. The summed E-state index contributed by atoms with van der Waals surface area (Å²) in [7, 11) is 0. The fourth-order valence-corrected chi connectivity index (χ4v) is 3.63. The number of piperidine rings is 1. The summed E-state index contributed by atoms with van der Waals surface area (Å²) in [4.78, 5) is 11.5. The molecule has 1 aromatic heterocycles. The molecule has 28 heavy (non-hydrogen) atoms. The second-order valence-electron chi connectivity index (χ2n) is 6.84. The molecule has 2 heterocycles. The van der Waals surface area contributed by atoms with Crippen molar-refractivity contribution in [2.75, 3.05) is 24.5 Å². The topological polar surface area (TPSA) is 52.6 Å². The Kier molecular flexibility index (Phi) is 9.31. The van der Waals surface area contributed by atoms with E-state index in [1.54, 1.807) is 0 Å².